The van der Waals surface area contributed by atoms with Crippen LogP contribution in [0.4, 0.5) is 5.82 Å². The van der Waals surface area contributed by atoms with E-state index >= 15 is 0 Å². The molecule has 0 radical (unpaired) electrons. The maximum Gasteiger partial charge on any atom is 0.266 e. The Morgan fingerprint density at radius 1 is 1.23 bits per heavy atom. The summed E-state index contributed by atoms with van der Waals surface area (Å²) in [7, 11) is 0. The van der Waals surface area contributed by atoms with Crippen LogP contribution >= 0.6 is 0 Å². The van der Waals surface area contributed by atoms with Gasteiger partial charge in [0.05, 0.1) is 6.54 Å². The fourth-order valence-corrected chi connectivity index (χ4v) is 3.10. The van der Waals surface area contributed by atoms with Gasteiger partial charge < -0.3 is 4.90 Å². The van der Waals surface area contributed by atoms with Gasteiger partial charge in [-0.2, -0.15) is 5.10 Å². The lowest BCUT2D eigenvalue weighted by atomic mass is 9.83. The van der Waals surface area contributed by atoms with Gasteiger partial charge in [-0.15, -0.1) is 0 Å². The fourth-order valence-electron chi connectivity index (χ4n) is 3.10. The van der Waals surface area contributed by atoms with Crippen molar-refractivity contribution in [2.45, 2.75) is 31.7 Å². The van der Waals surface area contributed by atoms with Gasteiger partial charge in [-0.05, 0) is 18.9 Å². The predicted octanol–water partition coefficient (Wildman–Crippen LogP) is 1.44. The molecular weight excluding hydrogens is 278 g/mol. The second kappa shape index (κ2) is 5.51. The number of hydrogen-bond acceptors (Lipinski definition) is 5. The van der Waals surface area contributed by atoms with Crippen LogP contribution in [0, 0.1) is 5.92 Å². The first-order chi connectivity index (χ1) is 10.8. The Bertz CT molecular complexity index is 718. The summed E-state index contributed by atoms with van der Waals surface area (Å²) in [5, 5.41) is 4.11. The molecule has 2 aromatic heterocycles. The number of hydrogen-bond donors (Lipinski definition) is 0. The highest BCUT2D eigenvalue weighted by atomic mass is 16.1. The molecular formula is C16H19N5O. The number of rotatable bonds is 4. The molecule has 0 atom stereocenters. The van der Waals surface area contributed by atoms with Crippen LogP contribution in [0.15, 0.2) is 35.5 Å². The molecule has 1 saturated heterocycles. The molecule has 3 heterocycles. The second-order valence-corrected chi connectivity index (χ2v) is 6.24. The first kappa shape index (κ1) is 13.4. The van der Waals surface area contributed by atoms with Crippen LogP contribution in [0.25, 0.3) is 0 Å². The molecule has 2 aromatic rings. The van der Waals surface area contributed by atoms with Gasteiger partial charge in [0.25, 0.3) is 5.56 Å². The van der Waals surface area contributed by atoms with Crippen molar-refractivity contribution >= 4 is 5.82 Å². The van der Waals surface area contributed by atoms with Crippen molar-refractivity contribution in [2.75, 3.05) is 18.0 Å². The van der Waals surface area contributed by atoms with Crippen LogP contribution in [-0.4, -0.2) is 32.8 Å². The normalized spacial score (nSPS) is 18.8. The molecule has 1 saturated carbocycles. The summed E-state index contributed by atoms with van der Waals surface area (Å²) in [6.45, 7) is 2.52. The van der Waals surface area contributed by atoms with Crippen molar-refractivity contribution < 1.29 is 0 Å². The minimum Gasteiger partial charge on any atom is -0.356 e. The van der Waals surface area contributed by atoms with E-state index in [1.54, 1.807) is 29.3 Å². The van der Waals surface area contributed by atoms with Crippen molar-refractivity contribution in [3.8, 4) is 0 Å². The minimum absolute atomic E-state index is 0.0322. The summed E-state index contributed by atoms with van der Waals surface area (Å²) in [4.78, 5) is 22.7. The molecule has 6 nitrogen and oxygen atoms in total. The fraction of sp³-hybridized carbons (Fsp3) is 0.500. The first-order valence-corrected chi connectivity index (χ1v) is 7.88. The summed E-state index contributed by atoms with van der Waals surface area (Å²) >= 11 is 0. The zero-order chi connectivity index (χ0) is 14.9. The van der Waals surface area contributed by atoms with E-state index < -0.39 is 0 Å². The average molecular weight is 297 g/mol. The summed E-state index contributed by atoms with van der Waals surface area (Å²) in [6, 6.07) is 5.36. The van der Waals surface area contributed by atoms with Crippen molar-refractivity contribution in [1.82, 2.24) is 19.7 Å². The van der Waals surface area contributed by atoms with Gasteiger partial charge in [0.1, 0.15) is 12.1 Å². The standard InChI is InChI=1S/C16H19N5O/c22-16-5-2-6-19-21(16)10-12-8-20(9-12)15-7-14(17-11-18-15)13-3-1-4-13/h2,5-7,11-13H,1,3-4,8-10H2. The molecule has 0 amide bonds. The lowest BCUT2D eigenvalue weighted by Gasteiger charge is -2.40. The molecule has 2 fully saturated rings. The van der Waals surface area contributed by atoms with Crippen LogP contribution < -0.4 is 10.5 Å². The van der Waals surface area contributed by atoms with Gasteiger partial charge in [-0.25, -0.2) is 14.6 Å². The second-order valence-electron chi connectivity index (χ2n) is 6.24. The Balaban J connectivity index is 1.39. The van der Waals surface area contributed by atoms with E-state index in [-0.39, 0.29) is 5.56 Å². The summed E-state index contributed by atoms with van der Waals surface area (Å²) in [5.41, 5.74) is 1.15. The van der Waals surface area contributed by atoms with E-state index in [4.69, 9.17) is 0 Å². The predicted molar refractivity (Wildman–Crippen MR) is 82.8 cm³/mol. The summed E-state index contributed by atoms with van der Waals surface area (Å²) < 4.78 is 1.54. The first-order valence-electron chi connectivity index (χ1n) is 7.88. The van der Waals surface area contributed by atoms with Crippen molar-refractivity contribution in [3.63, 3.8) is 0 Å². The van der Waals surface area contributed by atoms with Gasteiger partial charge in [0, 0.05) is 48.9 Å². The highest BCUT2D eigenvalue weighted by molar-refractivity contribution is 5.42. The maximum absolute atomic E-state index is 11.7. The van der Waals surface area contributed by atoms with Gasteiger partial charge in [-0.1, -0.05) is 6.42 Å². The van der Waals surface area contributed by atoms with Crippen LogP contribution in [0.5, 0.6) is 0 Å². The molecule has 1 aliphatic carbocycles. The molecule has 0 N–H and O–H groups in total. The van der Waals surface area contributed by atoms with Crippen molar-refractivity contribution in [3.05, 3.63) is 46.8 Å². The van der Waals surface area contributed by atoms with E-state index in [9.17, 15) is 4.79 Å². The molecule has 22 heavy (non-hydrogen) atoms. The minimum atomic E-state index is -0.0322. The molecule has 0 spiro atoms. The topological polar surface area (TPSA) is 63.9 Å². The molecule has 4 rings (SSSR count). The molecule has 0 aromatic carbocycles. The summed E-state index contributed by atoms with van der Waals surface area (Å²) in [5.74, 6) is 2.10. The van der Waals surface area contributed by atoms with Crippen LogP contribution in [0.1, 0.15) is 30.9 Å². The van der Waals surface area contributed by atoms with Crippen LogP contribution in [-0.2, 0) is 6.54 Å². The van der Waals surface area contributed by atoms with Crippen molar-refractivity contribution in [1.29, 1.82) is 0 Å². The molecule has 0 bridgehead atoms. The van der Waals surface area contributed by atoms with Crippen LogP contribution in [0.2, 0.25) is 0 Å². The third-order valence-corrected chi connectivity index (χ3v) is 4.69. The zero-order valence-corrected chi connectivity index (χ0v) is 12.4. The van der Waals surface area contributed by atoms with E-state index in [0.29, 0.717) is 18.4 Å². The SMILES string of the molecule is O=c1cccnn1CC1CN(c2cc(C3CCC3)ncn2)C1. The van der Waals surface area contributed by atoms with Crippen molar-refractivity contribution in [2.24, 2.45) is 5.92 Å². The van der Waals surface area contributed by atoms with E-state index in [1.165, 1.54) is 25.0 Å². The largest absolute Gasteiger partial charge is 0.356 e. The lowest BCUT2D eigenvalue weighted by Crippen LogP contribution is -2.50. The highest BCUT2D eigenvalue weighted by Gasteiger charge is 2.29. The quantitative estimate of drug-likeness (QED) is 0.854. The van der Waals surface area contributed by atoms with E-state index in [0.717, 1.165) is 18.9 Å². The number of nitrogens with zero attached hydrogens (tertiary/aromatic N) is 5. The Morgan fingerprint density at radius 3 is 2.82 bits per heavy atom. The smallest absolute Gasteiger partial charge is 0.266 e. The van der Waals surface area contributed by atoms with Gasteiger partial charge in [0.15, 0.2) is 0 Å². The third-order valence-electron chi connectivity index (χ3n) is 4.69. The van der Waals surface area contributed by atoms with Gasteiger partial charge >= 0.3 is 0 Å². The monoisotopic (exact) mass is 297 g/mol. The van der Waals surface area contributed by atoms with E-state index in [1.807, 2.05) is 0 Å². The van der Waals surface area contributed by atoms with E-state index in [2.05, 4.69) is 26.0 Å². The highest BCUT2D eigenvalue weighted by Crippen LogP contribution is 2.36. The third kappa shape index (κ3) is 2.49. The Kier molecular flexibility index (Phi) is 3.36. The summed E-state index contributed by atoms with van der Waals surface area (Å²) in [6.07, 6.45) is 7.16. The molecule has 114 valence electrons. The molecule has 2 aliphatic rings. The Hall–Kier alpha value is -2.24. The van der Waals surface area contributed by atoms with Crippen LogP contribution in [0.3, 0.4) is 0 Å². The van der Waals surface area contributed by atoms with Gasteiger partial charge in [0.2, 0.25) is 0 Å². The number of anilines is 1. The molecule has 0 unspecified atom stereocenters. The lowest BCUT2D eigenvalue weighted by molar-refractivity contribution is 0.332. The number of aromatic nitrogens is 4. The molecule has 1 aliphatic heterocycles. The average Bonchev–Trinajstić information content (AvgIpc) is 2.42. The van der Waals surface area contributed by atoms with Gasteiger partial charge in [-0.3, -0.25) is 4.79 Å². The zero-order valence-electron chi connectivity index (χ0n) is 12.4. The Morgan fingerprint density at radius 2 is 2.09 bits per heavy atom. The molecule has 6 heteroatoms. The Labute approximate surface area is 128 Å². The maximum atomic E-state index is 11.7.